The van der Waals surface area contributed by atoms with Crippen molar-refractivity contribution in [3.63, 3.8) is 0 Å². The minimum absolute atomic E-state index is 0.284. The molecule has 0 fully saturated rings. The molecule has 0 unspecified atom stereocenters. The quantitative estimate of drug-likeness (QED) is 0.636. The lowest BCUT2D eigenvalue weighted by molar-refractivity contribution is 0.0945. The smallest absolute Gasteiger partial charge is 0.270 e. The van der Waals surface area contributed by atoms with E-state index in [1.807, 2.05) is 37.3 Å². The number of methoxy groups -OCH3 is 2. The number of benzene rings is 2. The summed E-state index contributed by atoms with van der Waals surface area (Å²) in [5, 5.41) is 6.07. The zero-order valence-corrected chi connectivity index (χ0v) is 16.9. The fourth-order valence-corrected chi connectivity index (χ4v) is 2.78. The lowest BCUT2D eigenvalue weighted by atomic mass is 10.1. The molecule has 2 aromatic carbocycles. The summed E-state index contributed by atoms with van der Waals surface area (Å²) in [6.45, 7) is 4.45. The molecule has 0 aliphatic rings. The van der Waals surface area contributed by atoms with Crippen molar-refractivity contribution in [2.24, 2.45) is 0 Å². The van der Waals surface area contributed by atoms with Crippen LogP contribution in [0.5, 0.6) is 11.5 Å². The molecule has 0 aliphatic carbocycles. The Kier molecular flexibility index (Phi) is 6.29. The molecule has 3 aromatic rings. The van der Waals surface area contributed by atoms with Gasteiger partial charge in [0.1, 0.15) is 17.8 Å². The zero-order valence-electron chi connectivity index (χ0n) is 16.9. The highest BCUT2D eigenvalue weighted by molar-refractivity contribution is 5.92. The van der Waals surface area contributed by atoms with Crippen LogP contribution >= 0.6 is 0 Å². The molecule has 150 valence electrons. The van der Waals surface area contributed by atoms with Gasteiger partial charge < -0.3 is 20.1 Å². The molecule has 1 heterocycles. The fourth-order valence-electron chi connectivity index (χ4n) is 2.78. The highest BCUT2D eigenvalue weighted by atomic mass is 16.5. The molecule has 0 atom stereocenters. The van der Waals surface area contributed by atoms with Crippen molar-refractivity contribution in [3.05, 3.63) is 71.2 Å². The minimum Gasteiger partial charge on any atom is -0.493 e. The van der Waals surface area contributed by atoms with Crippen LogP contribution in [0.25, 0.3) is 0 Å². The molecule has 0 radical (unpaired) electrons. The van der Waals surface area contributed by atoms with Gasteiger partial charge in [0, 0.05) is 18.3 Å². The zero-order chi connectivity index (χ0) is 20.8. The molecule has 1 amide bonds. The molecule has 0 aliphatic heterocycles. The van der Waals surface area contributed by atoms with Crippen molar-refractivity contribution < 1.29 is 14.3 Å². The van der Waals surface area contributed by atoms with E-state index in [0.29, 0.717) is 23.9 Å². The maximum absolute atomic E-state index is 12.5. The highest BCUT2D eigenvalue weighted by Crippen LogP contribution is 2.27. The number of rotatable bonds is 7. The Morgan fingerprint density at radius 1 is 0.931 bits per heavy atom. The number of aryl methyl sites for hydroxylation is 2. The van der Waals surface area contributed by atoms with Crippen LogP contribution in [0.4, 0.5) is 11.5 Å². The molecule has 0 saturated heterocycles. The number of aromatic nitrogens is 2. The molecule has 0 saturated carbocycles. The van der Waals surface area contributed by atoms with Gasteiger partial charge in [0.05, 0.1) is 14.2 Å². The Morgan fingerprint density at radius 2 is 1.72 bits per heavy atom. The number of hydrogen-bond acceptors (Lipinski definition) is 6. The number of nitrogens with one attached hydrogen (secondary N) is 2. The lowest BCUT2D eigenvalue weighted by Crippen LogP contribution is -2.24. The van der Waals surface area contributed by atoms with Crippen LogP contribution in [0.1, 0.15) is 27.2 Å². The van der Waals surface area contributed by atoms with E-state index in [1.54, 1.807) is 26.4 Å². The first-order valence-electron chi connectivity index (χ1n) is 9.15. The van der Waals surface area contributed by atoms with Gasteiger partial charge in [0.15, 0.2) is 11.5 Å². The molecule has 7 heteroatoms. The summed E-state index contributed by atoms with van der Waals surface area (Å²) in [5.74, 6) is 1.52. The molecule has 7 nitrogen and oxygen atoms in total. The van der Waals surface area contributed by atoms with E-state index < -0.39 is 0 Å². The van der Waals surface area contributed by atoms with Crippen molar-refractivity contribution in [2.75, 3.05) is 19.5 Å². The molecule has 0 spiro atoms. The Morgan fingerprint density at radius 3 is 2.45 bits per heavy atom. The maximum Gasteiger partial charge on any atom is 0.270 e. The topological polar surface area (TPSA) is 85.4 Å². The standard InChI is InChI=1S/C22H24N4O3/c1-14-5-7-17(9-15(14)2)26-21-11-18(24-13-25-21)22(27)23-12-16-6-8-19(28-3)20(10-16)29-4/h5-11,13H,12H2,1-4H3,(H,23,27)(H,24,25,26). The Labute approximate surface area is 170 Å². The van der Waals surface area contributed by atoms with E-state index in [4.69, 9.17) is 9.47 Å². The van der Waals surface area contributed by atoms with Crippen molar-refractivity contribution in [1.29, 1.82) is 0 Å². The third kappa shape index (κ3) is 5.01. The predicted molar refractivity (Wildman–Crippen MR) is 112 cm³/mol. The minimum atomic E-state index is -0.287. The summed E-state index contributed by atoms with van der Waals surface area (Å²) >= 11 is 0. The molecule has 0 bridgehead atoms. The van der Waals surface area contributed by atoms with E-state index in [0.717, 1.165) is 11.3 Å². The normalized spacial score (nSPS) is 10.3. The van der Waals surface area contributed by atoms with Crippen LogP contribution in [0.3, 0.4) is 0 Å². The second-order valence-electron chi connectivity index (χ2n) is 6.58. The maximum atomic E-state index is 12.5. The average Bonchev–Trinajstić information content (AvgIpc) is 2.74. The Hall–Kier alpha value is -3.61. The summed E-state index contributed by atoms with van der Waals surface area (Å²) in [6, 6.07) is 13.2. The molecule has 29 heavy (non-hydrogen) atoms. The Bertz CT molecular complexity index is 1020. The SMILES string of the molecule is COc1ccc(CNC(=O)c2cc(Nc3ccc(C)c(C)c3)ncn2)cc1OC. The van der Waals surface area contributed by atoms with Crippen molar-refractivity contribution in [3.8, 4) is 11.5 Å². The van der Waals surface area contributed by atoms with Gasteiger partial charge in [0.2, 0.25) is 0 Å². The molecular weight excluding hydrogens is 368 g/mol. The van der Waals surface area contributed by atoms with Gasteiger partial charge in [-0.3, -0.25) is 4.79 Å². The van der Waals surface area contributed by atoms with Gasteiger partial charge in [-0.25, -0.2) is 9.97 Å². The van der Waals surface area contributed by atoms with Crippen LogP contribution in [0.15, 0.2) is 48.8 Å². The van der Waals surface area contributed by atoms with Gasteiger partial charge in [-0.05, 0) is 54.8 Å². The van der Waals surface area contributed by atoms with Crippen molar-refractivity contribution >= 4 is 17.4 Å². The number of carbonyl (C=O) groups is 1. The largest absolute Gasteiger partial charge is 0.493 e. The molecule has 3 rings (SSSR count). The number of hydrogen-bond donors (Lipinski definition) is 2. The van der Waals surface area contributed by atoms with Crippen LogP contribution in [-0.2, 0) is 6.54 Å². The predicted octanol–water partition coefficient (Wildman–Crippen LogP) is 3.78. The monoisotopic (exact) mass is 392 g/mol. The summed E-state index contributed by atoms with van der Waals surface area (Å²) in [4.78, 5) is 20.8. The number of anilines is 2. The van der Waals surface area contributed by atoms with Gasteiger partial charge in [0.25, 0.3) is 5.91 Å². The van der Waals surface area contributed by atoms with Crippen molar-refractivity contribution in [1.82, 2.24) is 15.3 Å². The van der Waals surface area contributed by atoms with E-state index in [1.165, 1.54) is 17.5 Å². The van der Waals surface area contributed by atoms with Gasteiger partial charge in [-0.15, -0.1) is 0 Å². The summed E-state index contributed by atoms with van der Waals surface area (Å²) in [5.41, 5.74) is 4.47. The molecule has 1 aromatic heterocycles. The van der Waals surface area contributed by atoms with Crippen molar-refractivity contribution in [2.45, 2.75) is 20.4 Å². The van der Waals surface area contributed by atoms with Gasteiger partial charge in [-0.1, -0.05) is 12.1 Å². The first-order valence-corrected chi connectivity index (χ1v) is 9.15. The van der Waals surface area contributed by atoms with E-state index in [2.05, 4.69) is 27.5 Å². The Balaban J connectivity index is 1.67. The van der Waals surface area contributed by atoms with E-state index in [9.17, 15) is 4.79 Å². The fraction of sp³-hybridized carbons (Fsp3) is 0.227. The molecule has 2 N–H and O–H groups in total. The number of carbonyl (C=O) groups excluding carboxylic acids is 1. The average molecular weight is 392 g/mol. The first-order chi connectivity index (χ1) is 14.0. The number of amides is 1. The van der Waals surface area contributed by atoms with Crippen LogP contribution in [0.2, 0.25) is 0 Å². The second kappa shape index (κ2) is 9.05. The van der Waals surface area contributed by atoms with Crippen LogP contribution in [0, 0.1) is 13.8 Å². The highest BCUT2D eigenvalue weighted by Gasteiger charge is 2.10. The third-order valence-corrected chi connectivity index (χ3v) is 4.58. The lowest BCUT2D eigenvalue weighted by Gasteiger charge is -2.11. The number of nitrogens with zero attached hydrogens (tertiary/aromatic N) is 2. The van der Waals surface area contributed by atoms with Crippen LogP contribution in [-0.4, -0.2) is 30.1 Å². The molecular formula is C22H24N4O3. The summed E-state index contributed by atoms with van der Waals surface area (Å²) in [7, 11) is 3.16. The summed E-state index contributed by atoms with van der Waals surface area (Å²) < 4.78 is 10.5. The third-order valence-electron chi connectivity index (χ3n) is 4.58. The first kappa shape index (κ1) is 20.1. The van der Waals surface area contributed by atoms with E-state index in [-0.39, 0.29) is 11.6 Å². The van der Waals surface area contributed by atoms with Gasteiger partial charge >= 0.3 is 0 Å². The second-order valence-corrected chi connectivity index (χ2v) is 6.58. The number of ether oxygens (including phenoxy) is 2. The van der Waals surface area contributed by atoms with Crippen LogP contribution < -0.4 is 20.1 Å². The van der Waals surface area contributed by atoms with Gasteiger partial charge in [-0.2, -0.15) is 0 Å². The van der Waals surface area contributed by atoms with E-state index >= 15 is 0 Å². The summed E-state index contributed by atoms with van der Waals surface area (Å²) in [6.07, 6.45) is 1.37.